The normalized spacial score (nSPS) is 10.3. The monoisotopic (exact) mass is 320 g/mol. The van der Waals surface area contributed by atoms with Gasteiger partial charge in [-0.25, -0.2) is 0 Å². The highest BCUT2D eigenvalue weighted by molar-refractivity contribution is 7.15. The van der Waals surface area contributed by atoms with Crippen LogP contribution in [0.5, 0.6) is 0 Å². The number of carbonyl (C=O) groups excluding carboxylic acids is 2. The average Bonchev–Trinajstić information content (AvgIpc) is 2.84. The fourth-order valence-electron chi connectivity index (χ4n) is 1.66. The van der Waals surface area contributed by atoms with Crippen LogP contribution in [0, 0.1) is 13.8 Å². The first-order valence-electron chi connectivity index (χ1n) is 6.57. The van der Waals surface area contributed by atoms with Crippen molar-refractivity contribution >= 4 is 34.0 Å². The number of aryl methyl sites for hydroxylation is 2. The summed E-state index contributed by atoms with van der Waals surface area (Å²) in [7, 11) is 0. The summed E-state index contributed by atoms with van der Waals surface area (Å²) >= 11 is 1.27. The molecule has 0 spiro atoms. The maximum absolute atomic E-state index is 11.7. The van der Waals surface area contributed by atoms with E-state index in [4.69, 9.17) is 4.74 Å². The molecule has 2 N–H and O–H groups in total. The molecule has 0 aliphatic heterocycles. The number of carbonyl (C=O) groups is 2. The molecule has 8 heteroatoms. The summed E-state index contributed by atoms with van der Waals surface area (Å²) in [4.78, 5) is 23.3. The van der Waals surface area contributed by atoms with Gasteiger partial charge in [-0.3, -0.25) is 14.9 Å². The SMILES string of the molecule is Cc1cccc(NC(=O)COCC(=O)Nc2nnc(C)s2)c1. The van der Waals surface area contributed by atoms with E-state index in [1.807, 2.05) is 25.1 Å². The molecule has 0 aliphatic rings. The summed E-state index contributed by atoms with van der Waals surface area (Å²) in [5.41, 5.74) is 1.74. The third kappa shape index (κ3) is 5.23. The standard InChI is InChI=1S/C14H16N4O3S/c1-9-4-3-5-11(6-9)15-12(19)7-21-8-13(20)16-14-18-17-10(2)22-14/h3-6H,7-8H2,1-2H3,(H,15,19)(H,16,18,20). The molecule has 22 heavy (non-hydrogen) atoms. The Bertz CT molecular complexity index is 672. The highest BCUT2D eigenvalue weighted by Gasteiger charge is 2.08. The van der Waals surface area contributed by atoms with Gasteiger partial charge >= 0.3 is 0 Å². The zero-order valence-corrected chi connectivity index (χ0v) is 13.1. The summed E-state index contributed by atoms with van der Waals surface area (Å²) in [6.07, 6.45) is 0. The Hall–Kier alpha value is -2.32. The van der Waals surface area contributed by atoms with Crippen LogP contribution in [-0.4, -0.2) is 35.2 Å². The van der Waals surface area contributed by atoms with Gasteiger partial charge in [-0.2, -0.15) is 0 Å². The molecular weight excluding hydrogens is 304 g/mol. The summed E-state index contributed by atoms with van der Waals surface area (Å²) in [5, 5.41) is 14.0. The van der Waals surface area contributed by atoms with Crippen molar-refractivity contribution in [3.8, 4) is 0 Å². The van der Waals surface area contributed by atoms with Crippen molar-refractivity contribution in [2.45, 2.75) is 13.8 Å². The fraction of sp³-hybridized carbons (Fsp3) is 0.286. The van der Waals surface area contributed by atoms with Gasteiger partial charge in [-0.15, -0.1) is 10.2 Å². The van der Waals surface area contributed by atoms with Crippen molar-refractivity contribution < 1.29 is 14.3 Å². The molecule has 2 rings (SSSR count). The van der Waals surface area contributed by atoms with E-state index in [1.54, 1.807) is 13.0 Å². The molecule has 0 atom stereocenters. The van der Waals surface area contributed by atoms with Crippen LogP contribution in [0.3, 0.4) is 0 Å². The Morgan fingerprint density at radius 2 is 1.86 bits per heavy atom. The predicted molar refractivity (Wildman–Crippen MR) is 83.9 cm³/mol. The minimum absolute atomic E-state index is 0.198. The quantitative estimate of drug-likeness (QED) is 0.846. The smallest absolute Gasteiger partial charge is 0.252 e. The second-order valence-electron chi connectivity index (χ2n) is 4.58. The van der Waals surface area contributed by atoms with Gasteiger partial charge < -0.3 is 10.1 Å². The first-order valence-corrected chi connectivity index (χ1v) is 7.39. The van der Waals surface area contributed by atoms with Crippen LogP contribution in [0.25, 0.3) is 0 Å². The maximum atomic E-state index is 11.7. The molecule has 0 fully saturated rings. The van der Waals surface area contributed by atoms with E-state index in [0.717, 1.165) is 10.6 Å². The molecule has 0 bridgehead atoms. The molecule has 1 aromatic carbocycles. The molecule has 116 valence electrons. The van der Waals surface area contributed by atoms with Crippen molar-refractivity contribution in [1.82, 2.24) is 10.2 Å². The molecule has 1 aromatic heterocycles. The van der Waals surface area contributed by atoms with Crippen molar-refractivity contribution in [2.75, 3.05) is 23.8 Å². The van der Waals surface area contributed by atoms with E-state index in [0.29, 0.717) is 10.8 Å². The Labute approximate surface area is 131 Å². The Morgan fingerprint density at radius 1 is 1.14 bits per heavy atom. The van der Waals surface area contributed by atoms with Crippen LogP contribution in [0.4, 0.5) is 10.8 Å². The molecule has 0 unspecified atom stereocenters. The van der Waals surface area contributed by atoms with E-state index < -0.39 is 0 Å². The van der Waals surface area contributed by atoms with Crippen molar-refractivity contribution in [2.24, 2.45) is 0 Å². The lowest BCUT2D eigenvalue weighted by atomic mass is 10.2. The van der Waals surface area contributed by atoms with Gasteiger partial charge in [0.15, 0.2) is 0 Å². The molecule has 0 saturated carbocycles. The van der Waals surface area contributed by atoms with Gasteiger partial charge in [0.05, 0.1) is 0 Å². The van der Waals surface area contributed by atoms with Crippen LogP contribution in [0.15, 0.2) is 24.3 Å². The Balaban J connectivity index is 1.69. The van der Waals surface area contributed by atoms with E-state index >= 15 is 0 Å². The predicted octanol–water partition coefficient (Wildman–Crippen LogP) is 1.75. The molecule has 0 radical (unpaired) electrons. The number of nitrogens with one attached hydrogen (secondary N) is 2. The lowest BCUT2D eigenvalue weighted by Crippen LogP contribution is -2.23. The second-order valence-corrected chi connectivity index (χ2v) is 5.77. The summed E-state index contributed by atoms with van der Waals surface area (Å²) in [5.74, 6) is -0.690. The molecule has 7 nitrogen and oxygen atoms in total. The van der Waals surface area contributed by atoms with Gasteiger partial charge in [0, 0.05) is 5.69 Å². The number of hydrogen-bond donors (Lipinski definition) is 2. The Kier molecular flexibility index (Phi) is 5.56. The van der Waals surface area contributed by atoms with Gasteiger partial charge in [0.1, 0.15) is 18.2 Å². The first kappa shape index (κ1) is 16.1. The summed E-state index contributed by atoms with van der Waals surface area (Å²) < 4.78 is 5.07. The first-order chi connectivity index (χ1) is 10.5. The lowest BCUT2D eigenvalue weighted by Gasteiger charge is -2.06. The number of amides is 2. The van der Waals surface area contributed by atoms with Gasteiger partial charge in [-0.05, 0) is 31.5 Å². The highest BCUT2D eigenvalue weighted by Crippen LogP contribution is 2.13. The minimum Gasteiger partial charge on any atom is -0.362 e. The van der Waals surface area contributed by atoms with E-state index in [1.165, 1.54) is 11.3 Å². The molecule has 2 amide bonds. The van der Waals surface area contributed by atoms with Crippen LogP contribution >= 0.6 is 11.3 Å². The van der Waals surface area contributed by atoms with Crippen LogP contribution < -0.4 is 10.6 Å². The van der Waals surface area contributed by atoms with Gasteiger partial charge in [0.2, 0.25) is 11.0 Å². The number of ether oxygens (including phenoxy) is 1. The van der Waals surface area contributed by atoms with Crippen molar-refractivity contribution in [3.05, 3.63) is 34.8 Å². The zero-order chi connectivity index (χ0) is 15.9. The molecule has 1 heterocycles. The molecular formula is C14H16N4O3S. The van der Waals surface area contributed by atoms with Crippen molar-refractivity contribution in [1.29, 1.82) is 0 Å². The molecule has 0 aliphatic carbocycles. The average molecular weight is 320 g/mol. The third-order valence-corrected chi connectivity index (χ3v) is 3.29. The lowest BCUT2D eigenvalue weighted by molar-refractivity contribution is -0.125. The number of anilines is 2. The number of nitrogens with zero attached hydrogens (tertiary/aromatic N) is 2. The Morgan fingerprint density at radius 3 is 2.50 bits per heavy atom. The number of hydrogen-bond acceptors (Lipinski definition) is 6. The third-order valence-electron chi connectivity index (χ3n) is 2.54. The topological polar surface area (TPSA) is 93.2 Å². The van der Waals surface area contributed by atoms with E-state index in [9.17, 15) is 9.59 Å². The summed E-state index contributed by atoms with van der Waals surface area (Å²) in [6, 6.07) is 7.42. The highest BCUT2D eigenvalue weighted by atomic mass is 32.1. The van der Waals surface area contributed by atoms with Crippen LogP contribution in [0.1, 0.15) is 10.6 Å². The number of benzene rings is 1. The minimum atomic E-state index is -0.375. The van der Waals surface area contributed by atoms with Crippen molar-refractivity contribution in [3.63, 3.8) is 0 Å². The van der Waals surface area contributed by atoms with Gasteiger partial charge in [-0.1, -0.05) is 23.5 Å². The second kappa shape index (κ2) is 7.62. The number of aromatic nitrogens is 2. The van der Waals surface area contributed by atoms with Gasteiger partial charge in [0.25, 0.3) is 5.91 Å². The van der Waals surface area contributed by atoms with Crippen LogP contribution in [-0.2, 0) is 14.3 Å². The fourth-order valence-corrected chi connectivity index (χ4v) is 2.27. The largest absolute Gasteiger partial charge is 0.362 e. The summed E-state index contributed by atoms with van der Waals surface area (Å²) in [6.45, 7) is 3.31. The molecule has 0 saturated heterocycles. The van der Waals surface area contributed by atoms with Crippen LogP contribution in [0.2, 0.25) is 0 Å². The van der Waals surface area contributed by atoms with E-state index in [2.05, 4.69) is 20.8 Å². The number of rotatable bonds is 6. The van der Waals surface area contributed by atoms with E-state index in [-0.39, 0.29) is 25.0 Å². The zero-order valence-electron chi connectivity index (χ0n) is 12.3. The maximum Gasteiger partial charge on any atom is 0.252 e. The molecule has 2 aromatic rings.